The zero-order valence-corrected chi connectivity index (χ0v) is 9.58. The van der Waals surface area contributed by atoms with Crippen LogP contribution in [0, 0.1) is 0 Å². The smallest absolute Gasteiger partial charge is 0.163 e. The van der Waals surface area contributed by atoms with E-state index in [1.165, 1.54) is 0 Å². The third-order valence-electron chi connectivity index (χ3n) is 2.53. The first-order valence-electron chi connectivity index (χ1n) is 5.26. The molecule has 0 amide bonds. The van der Waals surface area contributed by atoms with E-state index in [9.17, 15) is 4.79 Å². The van der Waals surface area contributed by atoms with Crippen LogP contribution in [0.4, 0.5) is 11.4 Å². The molecule has 0 bridgehead atoms. The lowest BCUT2D eigenvalue weighted by Gasteiger charge is -2.24. The number of hydrogen-bond donors (Lipinski definition) is 1. The molecule has 0 heterocycles. The van der Waals surface area contributed by atoms with Crippen LogP contribution < -0.4 is 10.6 Å². The molecule has 15 heavy (non-hydrogen) atoms. The summed E-state index contributed by atoms with van der Waals surface area (Å²) >= 11 is 0. The predicted molar refractivity (Wildman–Crippen MR) is 64.4 cm³/mol. The molecule has 1 aromatic rings. The number of nitrogen functional groups attached to an aromatic ring is 1. The Hall–Kier alpha value is -1.51. The van der Waals surface area contributed by atoms with Gasteiger partial charge in [-0.2, -0.15) is 0 Å². The number of anilines is 2. The number of benzene rings is 1. The third-order valence-corrected chi connectivity index (χ3v) is 2.53. The lowest BCUT2D eigenvalue weighted by Crippen LogP contribution is -2.24. The van der Waals surface area contributed by atoms with Crippen molar-refractivity contribution in [1.82, 2.24) is 0 Å². The van der Waals surface area contributed by atoms with Crippen LogP contribution in [0.25, 0.3) is 0 Å². The van der Waals surface area contributed by atoms with Gasteiger partial charge in [-0.3, -0.25) is 4.79 Å². The van der Waals surface area contributed by atoms with Crippen LogP contribution in [0.1, 0.15) is 31.1 Å². The summed E-state index contributed by atoms with van der Waals surface area (Å²) in [6, 6.07) is 5.60. The summed E-state index contributed by atoms with van der Waals surface area (Å²) < 4.78 is 0. The van der Waals surface area contributed by atoms with Crippen molar-refractivity contribution >= 4 is 17.2 Å². The van der Waals surface area contributed by atoms with Crippen molar-refractivity contribution in [2.75, 3.05) is 23.7 Å². The van der Waals surface area contributed by atoms with Gasteiger partial charge < -0.3 is 10.6 Å². The normalized spacial score (nSPS) is 10.1. The topological polar surface area (TPSA) is 46.3 Å². The van der Waals surface area contributed by atoms with E-state index < -0.39 is 0 Å². The van der Waals surface area contributed by atoms with E-state index in [1.807, 2.05) is 12.1 Å². The summed E-state index contributed by atoms with van der Waals surface area (Å²) in [5.74, 6) is 0.0231. The van der Waals surface area contributed by atoms with E-state index in [-0.39, 0.29) is 5.78 Å². The molecule has 0 aromatic heterocycles. The van der Waals surface area contributed by atoms with Gasteiger partial charge in [0.15, 0.2) is 5.78 Å². The zero-order chi connectivity index (χ0) is 11.4. The second-order valence-electron chi connectivity index (χ2n) is 3.47. The van der Waals surface area contributed by atoms with Crippen LogP contribution in [0.3, 0.4) is 0 Å². The van der Waals surface area contributed by atoms with Gasteiger partial charge in [0.25, 0.3) is 0 Å². The monoisotopic (exact) mass is 206 g/mol. The maximum absolute atomic E-state index is 11.5. The van der Waals surface area contributed by atoms with E-state index >= 15 is 0 Å². The molecule has 0 atom stereocenters. The van der Waals surface area contributed by atoms with Crippen LogP contribution >= 0.6 is 0 Å². The van der Waals surface area contributed by atoms with Gasteiger partial charge in [0.2, 0.25) is 0 Å². The van der Waals surface area contributed by atoms with Crippen LogP contribution in [0.2, 0.25) is 0 Å². The first-order chi connectivity index (χ1) is 7.11. The Morgan fingerprint density at radius 2 is 1.93 bits per heavy atom. The van der Waals surface area contributed by atoms with Gasteiger partial charge in [0.1, 0.15) is 0 Å². The van der Waals surface area contributed by atoms with Gasteiger partial charge in [0.05, 0.1) is 5.56 Å². The average molecular weight is 206 g/mol. The first kappa shape index (κ1) is 11.6. The summed E-state index contributed by atoms with van der Waals surface area (Å²) in [4.78, 5) is 13.6. The summed E-state index contributed by atoms with van der Waals surface area (Å²) in [6.07, 6.45) is 0. The fourth-order valence-electron chi connectivity index (χ4n) is 1.77. The minimum absolute atomic E-state index is 0.0231. The number of hydrogen-bond acceptors (Lipinski definition) is 3. The van der Waals surface area contributed by atoms with Crippen molar-refractivity contribution in [2.24, 2.45) is 0 Å². The largest absolute Gasteiger partial charge is 0.398 e. The molecule has 2 N–H and O–H groups in total. The second-order valence-corrected chi connectivity index (χ2v) is 3.47. The van der Waals surface area contributed by atoms with Crippen LogP contribution in [0.5, 0.6) is 0 Å². The fraction of sp³-hybridized carbons (Fsp3) is 0.417. The molecular weight excluding hydrogens is 188 g/mol. The molecular formula is C12H18N2O. The molecule has 0 radical (unpaired) electrons. The Kier molecular flexibility index (Phi) is 3.72. The van der Waals surface area contributed by atoms with Crippen LogP contribution in [-0.2, 0) is 0 Å². The molecule has 0 saturated heterocycles. The van der Waals surface area contributed by atoms with Gasteiger partial charge in [-0.25, -0.2) is 0 Å². The highest BCUT2D eigenvalue weighted by Gasteiger charge is 2.14. The van der Waals surface area contributed by atoms with Crippen molar-refractivity contribution in [1.29, 1.82) is 0 Å². The molecule has 1 aromatic carbocycles. The molecule has 0 saturated carbocycles. The van der Waals surface area contributed by atoms with Crippen LogP contribution in [0.15, 0.2) is 18.2 Å². The number of carbonyl (C=O) groups is 1. The molecule has 1 rings (SSSR count). The third kappa shape index (κ3) is 2.29. The lowest BCUT2D eigenvalue weighted by atomic mass is 10.1. The number of Topliss-reactive ketones (excluding diaryl/α,β-unsaturated/α-hetero) is 1. The standard InChI is InChI=1S/C12H18N2O/c1-4-14(5-2)11-8-6-7-10(13)12(11)9(3)15/h6-8H,4-5,13H2,1-3H3. The minimum Gasteiger partial charge on any atom is -0.398 e. The van der Waals surface area contributed by atoms with Gasteiger partial charge in [0, 0.05) is 24.5 Å². The van der Waals surface area contributed by atoms with Crippen molar-refractivity contribution in [3.63, 3.8) is 0 Å². The highest BCUT2D eigenvalue weighted by atomic mass is 16.1. The zero-order valence-electron chi connectivity index (χ0n) is 9.58. The quantitative estimate of drug-likeness (QED) is 0.607. The number of nitrogens with zero attached hydrogens (tertiary/aromatic N) is 1. The van der Waals surface area contributed by atoms with Gasteiger partial charge in [-0.05, 0) is 32.9 Å². The Morgan fingerprint density at radius 1 is 1.33 bits per heavy atom. The van der Waals surface area contributed by atoms with E-state index in [0.29, 0.717) is 11.3 Å². The van der Waals surface area contributed by atoms with Gasteiger partial charge >= 0.3 is 0 Å². The highest BCUT2D eigenvalue weighted by Crippen LogP contribution is 2.25. The maximum atomic E-state index is 11.5. The SMILES string of the molecule is CCN(CC)c1cccc(N)c1C(C)=O. The van der Waals surface area contributed by atoms with Crippen molar-refractivity contribution in [2.45, 2.75) is 20.8 Å². The Morgan fingerprint density at radius 3 is 2.40 bits per heavy atom. The molecule has 0 aliphatic carbocycles. The minimum atomic E-state index is 0.0231. The van der Waals surface area contributed by atoms with E-state index in [4.69, 9.17) is 5.73 Å². The molecule has 0 unspecified atom stereocenters. The lowest BCUT2D eigenvalue weighted by molar-refractivity contribution is 0.101. The molecule has 0 spiro atoms. The van der Waals surface area contributed by atoms with E-state index in [1.54, 1.807) is 13.0 Å². The summed E-state index contributed by atoms with van der Waals surface area (Å²) in [6.45, 7) is 7.44. The average Bonchev–Trinajstić information content (AvgIpc) is 2.19. The Bertz CT molecular complexity index is 357. The molecule has 3 nitrogen and oxygen atoms in total. The van der Waals surface area contributed by atoms with Crippen LogP contribution in [-0.4, -0.2) is 18.9 Å². The summed E-state index contributed by atoms with van der Waals surface area (Å²) in [5, 5.41) is 0. The predicted octanol–water partition coefficient (Wildman–Crippen LogP) is 2.32. The Labute approximate surface area is 90.9 Å². The van der Waals surface area contributed by atoms with Crippen molar-refractivity contribution in [3.8, 4) is 0 Å². The molecule has 82 valence electrons. The maximum Gasteiger partial charge on any atom is 0.163 e. The first-order valence-corrected chi connectivity index (χ1v) is 5.26. The second kappa shape index (κ2) is 4.82. The van der Waals surface area contributed by atoms with Crippen molar-refractivity contribution in [3.05, 3.63) is 23.8 Å². The van der Waals surface area contributed by atoms with Gasteiger partial charge in [-0.1, -0.05) is 6.07 Å². The highest BCUT2D eigenvalue weighted by molar-refractivity contribution is 6.04. The molecule has 0 fully saturated rings. The van der Waals surface area contributed by atoms with E-state index in [0.717, 1.165) is 18.8 Å². The molecule has 3 heteroatoms. The Balaban J connectivity index is 3.27. The summed E-state index contributed by atoms with van der Waals surface area (Å²) in [7, 11) is 0. The molecule has 0 aliphatic rings. The van der Waals surface area contributed by atoms with Crippen molar-refractivity contribution < 1.29 is 4.79 Å². The molecule has 0 aliphatic heterocycles. The number of rotatable bonds is 4. The van der Waals surface area contributed by atoms with E-state index in [2.05, 4.69) is 18.7 Å². The number of ketones is 1. The number of nitrogens with two attached hydrogens (primary N) is 1. The number of carbonyl (C=O) groups excluding carboxylic acids is 1. The fourth-order valence-corrected chi connectivity index (χ4v) is 1.77. The van der Waals surface area contributed by atoms with Gasteiger partial charge in [-0.15, -0.1) is 0 Å². The summed E-state index contributed by atoms with van der Waals surface area (Å²) in [5.41, 5.74) is 7.96.